The van der Waals surface area contributed by atoms with Crippen molar-refractivity contribution in [3.8, 4) is 0 Å². The molecule has 0 aliphatic heterocycles. The quantitative estimate of drug-likeness (QED) is 0.583. The van der Waals surface area contributed by atoms with Crippen molar-refractivity contribution in [3.63, 3.8) is 0 Å². The molecule has 3 aromatic rings. The van der Waals surface area contributed by atoms with Gasteiger partial charge in [0.2, 0.25) is 0 Å². The molecular formula is C18H12Cl2F2N2OS. The number of nitrogens with one attached hydrogen (secondary N) is 1. The van der Waals surface area contributed by atoms with Crippen LogP contribution in [0.25, 0.3) is 0 Å². The van der Waals surface area contributed by atoms with Crippen LogP contribution < -0.4 is 5.56 Å². The van der Waals surface area contributed by atoms with E-state index in [1.165, 1.54) is 6.07 Å². The fourth-order valence-corrected chi connectivity index (χ4v) is 3.64. The monoisotopic (exact) mass is 412 g/mol. The number of aromatic nitrogens is 2. The molecule has 0 amide bonds. The van der Waals surface area contributed by atoms with E-state index in [2.05, 4.69) is 9.97 Å². The summed E-state index contributed by atoms with van der Waals surface area (Å²) < 4.78 is 26.9. The molecule has 2 aromatic carbocycles. The zero-order chi connectivity index (χ0) is 18.8. The normalized spacial score (nSPS) is 11.0. The third-order valence-electron chi connectivity index (χ3n) is 3.74. The second-order valence-electron chi connectivity index (χ2n) is 5.50. The summed E-state index contributed by atoms with van der Waals surface area (Å²) in [7, 11) is 0. The average molecular weight is 413 g/mol. The number of aromatic amines is 1. The molecule has 3 nitrogen and oxygen atoms in total. The molecule has 1 heterocycles. The van der Waals surface area contributed by atoms with Gasteiger partial charge in [-0.2, -0.15) is 0 Å². The van der Waals surface area contributed by atoms with E-state index in [4.69, 9.17) is 23.2 Å². The van der Waals surface area contributed by atoms with Crippen LogP contribution in [0.15, 0.2) is 51.2 Å². The predicted molar refractivity (Wildman–Crippen MR) is 99.3 cm³/mol. The molecule has 8 heteroatoms. The molecule has 1 aromatic heterocycles. The van der Waals surface area contributed by atoms with Gasteiger partial charge in [-0.25, -0.2) is 13.8 Å². The largest absolute Gasteiger partial charge is 0.301 e. The minimum absolute atomic E-state index is 0.153. The number of H-pyrrole nitrogens is 1. The number of halogens is 4. The lowest BCUT2D eigenvalue weighted by Gasteiger charge is -2.10. The molecule has 0 bridgehead atoms. The molecule has 134 valence electrons. The van der Waals surface area contributed by atoms with Gasteiger partial charge in [0.1, 0.15) is 11.6 Å². The summed E-state index contributed by atoms with van der Waals surface area (Å²) in [5, 5.41) is 1.14. The van der Waals surface area contributed by atoms with Crippen LogP contribution in [0.4, 0.5) is 8.78 Å². The van der Waals surface area contributed by atoms with E-state index < -0.39 is 11.6 Å². The van der Waals surface area contributed by atoms with Gasteiger partial charge >= 0.3 is 0 Å². The highest BCUT2D eigenvalue weighted by molar-refractivity contribution is 7.99. The van der Waals surface area contributed by atoms with Gasteiger partial charge in [0, 0.05) is 28.1 Å². The lowest BCUT2D eigenvalue weighted by molar-refractivity contribution is 0.565. The van der Waals surface area contributed by atoms with E-state index in [0.717, 1.165) is 23.9 Å². The summed E-state index contributed by atoms with van der Waals surface area (Å²) in [5.41, 5.74) is 1.21. The second kappa shape index (κ2) is 7.78. The number of nitrogens with zero attached hydrogens (tertiary/aromatic N) is 1. The molecule has 0 radical (unpaired) electrons. The van der Waals surface area contributed by atoms with Crippen molar-refractivity contribution in [3.05, 3.63) is 85.3 Å². The van der Waals surface area contributed by atoms with E-state index in [9.17, 15) is 13.6 Å². The number of hydrogen-bond donors (Lipinski definition) is 1. The molecule has 0 saturated heterocycles. The lowest BCUT2D eigenvalue weighted by atomic mass is 10.1. The van der Waals surface area contributed by atoms with Crippen molar-refractivity contribution in [2.24, 2.45) is 0 Å². The Morgan fingerprint density at radius 1 is 1.15 bits per heavy atom. The summed E-state index contributed by atoms with van der Waals surface area (Å²) in [6.45, 7) is 1.64. The van der Waals surface area contributed by atoms with Crippen LogP contribution in [0.3, 0.4) is 0 Å². The maximum atomic E-state index is 13.9. The molecule has 1 N–H and O–H groups in total. The SMILES string of the molecule is Cc1c(Cc2c(Cl)cccc2Cl)nc(Sc2ccc(F)cc2F)[nH]c1=O. The van der Waals surface area contributed by atoms with Crippen LogP contribution in [-0.4, -0.2) is 9.97 Å². The molecule has 0 saturated carbocycles. The molecule has 0 spiro atoms. The van der Waals surface area contributed by atoms with Crippen molar-refractivity contribution in [1.29, 1.82) is 0 Å². The molecule has 0 atom stereocenters. The van der Waals surface area contributed by atoms with E-state index >= 15 is 0 Å². The summed E-state index contributed by atoms with van der Waals surface area (Å²) in [5.74, 6) is -1.40. The summed E-state index contributed by atoms with van der Waals surface area (Å²) in [6.07, 6.45) is 0.258. The highest BCUT2D eigenvalue weighted by Gasteiger charge is 2.14. The first-order valence-corrected chi connectivity index (χ1v) is 9.08. The van der Waals surface area contributed by atoms with Gasteiger partial charge in [0.05, 0.1) is 10.6 Å². The number of benzene rings is 2. The third-order valence-corrected chi connectivity index (χ3v) is 5.38. The fourth-order valence-electron chi connectivity index (χ4n) is 2.31. The fraction of sp³-hybridized carbons (Fsp3) is 0.111. The minimum Gasteiger partial charge on any atom is -0.301 e. The number of rotatable bonds is 4. The van der Waals surface area contributed by atoms with Crippen molar-refractivity contribution >= 4 is 35.0 Å². The topological polar surface area (TPSA) is 45.8 Å². The van der Waals surface area contributed by atoms with Crippen LogP contribution in [0.5, 0.6) is 0 Å². The summed E-state index contributed by atoms with van der Waals surface area (Å²) in [4.78, 5) is 19.4. The Hall–Kier alpha value is -1.89. The second-order valence-corrected chi connectivity index (χ2v) is 7.34. The first-order valence-electron chi connectivity index (χ1n) is 7.50. The molecular weight excluding hydrogens is 401 g/mol. The zero-order valence-corrected chi connectivity index (χ0v) is 15.8. The Bertz CT molecular complexity index is 1020. The molecule has 3 rings (SSSR count). The standard InChI is InChI=1S/C18H12Cl2F2N2OS/c1-9-15(8-11-12(19)3-2-4-13(11)20)23-18(24-17(9)25)26-16-6-5-10(21)7-14(16)22/h2-7H,8H2,1H3,(H,23,24,25). The lowest BCUT2D eigenvalue weighted by Crippen LogP contribution is -2.16. The van der Waals surface area contributed by atoms with E-state index in [0.29, 0.717) is 26.9 Å². The maximum Gasteiger partial charge on any atom is 0.254 e. The van der Waals surface area contributed by atoms with E-state index in [1.807, 2.05) is 0 Å². The van der Waals surface area contributed by atoms with Gasteiger partial charge in [0.15, 0.2) is 5.16 Å². The average Bonchev–Trinajstić information content (AvgIpc) is 2.58. The van der Waals surface area contributed by atoms with Crippen LogP contribution >= 0.6 is 35.0 Å². The summed E-state index contributed by atoms with van der Waals surface area (Å²) in [6, 6.07) is 8.34. The number of hydrogen-bond acceptors (Lipinski definition) is 3. The Balaban J connectivity index is 1.98. The first kappa shape index (κ1) is 18.9. The van der Waals surface area contributed by atoms with Crippen LogP contribution in [-0.2, 0) is 6.42 Å². The van der Waals surface area contributed by atoms with Crippen molar-refractivity contribution < 1.29 is 8.78 Å². The highest BCUT2D eigenvalue weighted by atomic mass is 35.5. The predicted octanol–water partition coefficient (Wildman–Crippen LogP) is 5.41. The smallest absolute Gasteiger partial charge is 0.254 e. The van der Waals surface area contributed by atoms with Gasteiger partial charge in [-0.05, 0) is 48.5 Å². The zero-order valence-electron chi connectivity index (χ0n) is 13.4. The molecule has 0 aliphatic carbocycles. The molecule has 0 fully saturated rings. The maximum absolute atomic E-state index is 13.9. The van der Waals surface area contributed by atoms with Gasteiger partial charge < -0.3 is 4.98 Å². The van der Waals surface area contributed by atoms with E-state index in [1.54, 1.807) is 25.1 Å². The molecule has 0 aliphatic rings. The van der Waals surface area contributed by atoms with Crippen molar-refractivity contribution in [2.75, 3.05) is 0 Å². The van der Waals surface area contributed by atoms with Gasteiger partial charge in [-0.15, -0.1) is 0 Å². The van der Waals surface area contributed by atoms with Crippen LogP contribution in [0, 0.1) is 18.6 Å². The Morgan fingerprint density at radius 2 is 1.85 bits per heavy atom. The molecule has 26 heavy (non-hydrogen) atoms. The van der Waals surface area contributed by atoms with Crippen molar-refractivity contribution in [2.45, 2.75) is 23.4 Å². The third kappa shape index (κ3) is 4.09. The summed E-state index contributed by atoms with van der Waals surface area (Å²) >= 11 is 13.3. The van der Waals surface area contributed by atoms with Crippen LogP contribution in [0.1, 0.15) is 16.8 Å². The van der Waals surface area contributed by atoms with Crippen LogP contribution in [0.2, 0.25) is 10.0 Å². The Morgan fingerprint density at radius 3 is 2.50 bits per heavy atom. The molecule has 0 unspecified atom stereocenters. The Labute approximate surface area is 162 Å². The minimum atomic E-state index is -0.728. The van der Waals surface area contributed by atoms with Gasteiger partial charge in [0.25, 0.3) is 5.56 Å². The van der Waals surface area contributed by atoms with E-state index in [-0.39, 0.29) is 22.0 Å². The first-order chi connectivity index (χ1) is 12.3. The van der Waals surface area contributed by atoms with Crippen molar-refractivity contribution in [1.82, 2.24) is 9.97 Å². The van der Waals surface area contributed by atoms with Gasteiger partial charge in [-0.1, -0.05) is 29.3 Å². The van der Waals surface area contributed by atoms with Gasteiger partial charge in [-0.3, -0.25) is 4.79 Å². The Kier molecular flexibility index (Phi) is 5.65. The highest BCUT2D eigenvalue weighted by Crippen LogP contribution is 2.29.